The van der Waals surface area contributed by atoms with Crippen LogP contribution in [0.5, 0.6) is 5.75 Å². The lowest BCUT2D eigenvalue weighted by molar-refractivity contribution is 0.0944. The Kier molecular flexibility index (Phi) is 7.14. The molecule has 1 N–H and O–H groups in total. The van der Waals surface area contributed by atoms with Crippen molar-refractivity contribution < 1.29 is 14.3 Å². The highest BCUT2D eigenvalue weighted by Crippen LogP contribution is 2.18. The van der Waals surface area contributed by atoms with Crippen LogP contribution < -0.4 is 10.1 Å². The molecule has 0 aliphatic rings. The summed E-state index contributed by atoms with van der Waals surface area (Å²) in [6.45, 7) is 1.76. The number of benzene rings is 2. The van der Waals surface area contributed by atoms with Crippen LogP contribution in [0.1, 0.15) is 22.3 Å². The first-order valence-electron chi connectivity index (χ1n) is 7.84. The van der Waals surface area contributed by atoms with Gasteiger partial charge in [0.05, 0.1) is 12.2 Å². The van der Waals surface area contributed by atoms with E-state index in [0.29, 0.717) is 31.1 Å². The van der Waals surface area contributed by atoms with Gasteiger partial charge in [0.25, 0.3) is 5.91 Å². The maximum Gasteiger partial charge on any atom is 0.255 e. The molecule has 2 aromatic rings. The van der Waals surface area contributed by atoms with Crippen LogP contribution in [-0.2, 0) is 11.2 Å². The number of amides is 1. The molecule has 0 atom stereocenters. The second-order valence-corrected chi connectivity index (χ2v) is 5.18. The Balaban J connectivity index is 1.88. The number of para-hydroxylation sites is 1. The fraction of sp³-hybridized carbons (Fsp3) is 0.316. The summed E-state index contributed by atoms with van der Waals surface area (Å²) >= 11 is 0. The van der Waals surface area contributed by atoms with Crippen molar-refractivity contribution >= 4 is 5.91 Å². The van der Waals surface area contributed by atoms with Gasteiger partial charge in [0, 0.05) is 26.7 Å². The lowest BCUT2D eigenvalue weighted by Gasteiger charge is -2.11. The number of rotatable bonds is 9. The van der Waals surface area contributed by atoms with Gasteiger partial charge in [-0.2, -0.15) is 0 Å². The van der Waals surface area contributed by atoms with Gasteiger partial charge in [0.2, 0.25) is 0 Å². The largest absolute Gasteiger partial charge is 0.492 e. The highest BCUT2D eigenvalue weighted by Gasteiger charge is 2.11. The highest BCUT2D eigenvalue weighted by molar-refractivity contribution is 5.96. The Morgan fingerprint density at radius 1 is 1.00 bits per heavy atom. The van der Waals surface area contributed by atoms with Gasteiger partial charge in [0.15, 0.2) is 0 Å². The minimum Gasteiger partial charge on any atom is -0.492 e. The van der Waals surface area contributed by atoms with E-state index in [1.54, 1.807) is 13.2 Å². The molecule has 0 fully saturated rings. The van der Waals surface area contributed by atoms with E-state index in [2.05, 4.69) is 17.4 Å². The molecule has 0 unspecified atom stereocenters. The van der Waals surface area contributed by atoms with Gasteiger partial charge in [-0.15, -0.1) is 0 Å². The van der Waals surface area contributed by atoms with Crippen LogP contribution in [0, 0.1) is 0 Å². The number of hydrogen-bond donors (Lipinski definition) is 1. The maximum atomic E-state index is 12.2. The summed E-state index contributed by atoms with van der Waals surface area (Å²) in [5, 5.41) is 2.88. The van der Waals surface area contributed by atoms with Crippen LogP contribution in [0.3, 0.4) is 0 Å². The van der Waals surface area contributed by atoms with Crippen LogP contribution in [0.4, 0.5) is 0 Å². The molecule has 0 saturated carbocycles. The number of nitrogens with one attached hydrogen (secondary N) is 1. The topological polar surface area (TPSA) is 47.6 Å². The number of methoxy groups -OCH3 is 1. The molecule has 2 aromatic carbocycles. The number of ether oxygens (including phenoxy) is 2. The SMILES string of the molecule is COCCCNC(=O)c1ccccc1OCCc1ccccc1. The highest BCUT2D eigenvalue weighted by atomic mass is 16.5. The average Bonchev–Trinajstić information content (AvgIpc) is 2.60. The molecular formula is C19H23NO3. The molecule has 23 heavy (non-hydrogen) atoms. The van der Waals surface area contributed by atoms with Crippen molar-refractivity contribution in [2.24, 2.45) is 0 Å². The normalized spacial score (nSPS) is 10.3. The predicted molar refractivity (Wildman–Crippen MR) is 90.9 cm³/mol. The van der Waals surface area contributed by atoms with E-state index in [1.807, 2.05) is 36.4 Å². The third-order valence-corrected chi connectivity index (χ3v) is 3.43. The van der Waals surface area contributed by atoms with E-state index in [-0.39, 0.29) is 5.91 Å². The third kappa shape index (κ3) is 5.75. The molecule has 4 heteroatoms. The second-order valence-electron chi connectivity index (χ2n) is 5.18. The standard InChI is InChI=1S/C19H23NO3/c1-22-14-7-13-20-19(21)17-10-5-6-11-18(17)23-15-12-16-8-3-2-4-9-16/h2-6,8-11H,7,12-15H2,1H3,(H,20,21). The summed E-state index contributed by atoms with van der Waals surface area (Å²) in [6.07, 6.45) is 1.60. The summed E-state index contributed by atoms with van der Waals surface area (Å²) in [5.41, 5.74) is 1.78. The molecule has 0 saturated heterocycles. The Labute approximate surface area is 137 Å². The molecule has 0 bridgehead atoms. The zero-order valence-electron chi connectivity index (χ0n) is 13.5. The first-order chi connectivity index (χ1) is 11.3. The van der Waals surface area contributed by atoms with Gasteiger partial charge in [0.1, 0.15) is 5.75 Å². The zero-order chi connectivity index (χ0) is 16.3. The van der Waals surface area contributed by atoms with Crippen molar-refractivity contribution in [3.63, 3.8) is 0 Å². The fourth-order valence-corrected chi connectivity index (χ4v) is 2.22. The molecule has 2 rings (SSSR count). The quantitative estimate of drug-likeness (QED) is 0.724. The lowest BCUT2D eigenvalue weighted by atomic mass is 10.1. The first-order valence-corrected chi connectivity index (χ1v) is 7.84. The molecule has 0 spiro atoms. The Morgan fingerprint density at radius 3 is 2.52 bits per heavy atom. The summed E-state index contributed by atoms with van der Waals surface area (Å²) in [6, 6.07) is 17.5. The van der Waals surface area contributed by atoms with Gasteiger partial charge in [-0.1, -0.05) is 42.5 Å². The molecule has 4 nitrogen and oxygen atoms in total. The molecular weight excluding hydrogens is 290 g/mol. The van der Waals surface area contributed by atoms with Crippen LogP contribution in [0.2, 0.25) is 0 Å². The number of carbonyl (C=O) groups is 1. The van der Waals surface area contributed by atoms with Crippen LogP contribution in [0.25, 0.3) is 0 Å². The summed E-state index contributed by atoms with van der Waals surface area (Å²) in [4.78, 5) is 12.2. The van der Waals surface area contributed by atoms with E-state index < -0.39 is 0 Å². The van der Waals surface area contributed by atoms with E-state index in [1.165, 1.54) is 5.56 Å². The molecule has 0 aromatic heterocycles. The van der Waals surface area contributed by atoms with Crippen molar-refractivity contribution in [3.05, 3.63) is 65.7 Å². The maximum absolute atomic E-state index is 12.2. The molecule has 0 heterocycles. The summed E-state index contributed by atoms with van der Waals surface area (Å²) in [7, 11) is 1.65. The third-order valence-electron chi connectivity index (χ3n) is 3.43. The molecule has 0 aliphatic carbocycles. The zero-order valence-corrected chi connectivity index (χ0v) is 13.5. The predicted octanol–water partition coefficient (Wildman–Crippen LogP) is 3.07. The van der Waals surface area contributed by atoms with Gasteiger partial charge >= 0.3 is 0 Å². The smallest absolute Gasteiger partial charge is 0.255 e. The van der Waals surface area contributed by atoms with Crippen molar-refractivity contribution in [1.29, 1.82) is 0 Å². The number of carbonyl (C=O) groups excluding carboxylic acids is 1. The minimum atomic E-state index is -0.114. The van der Waals surface area contributed by atoms with E-state index in [4.69, 9.17) is 9.47 Å². The molecule has 122 valence electrons. The van der Waals surface area contributed by atoms with Crippen molar-refractivity contribution in [3.8, 4) is 5.75 Å². The summed E-state index contributed by atoms with van der Waals surface area (Å²) < 4.78 is 10.8. The van der Waals surface area contributed by atoms with Gasteiger partial charge in [-0.25, -0.2) is 0 Å². The monoisotopic (exact) mass is 313 g/mol. The Bertz CT molecular complexity index is 599. The van der Waals surface area contributed by atoms with Gasteiger partial charge in [-0.05, 0) is 24.1 Å². The van der Waals surface area contributed by atoms with Gasteiger partial charge in [-0.3, -0.25) is 4.79 Å². The van der Waals surface area contributed by atoms with Crippen LogP contribution in [0.15, 0.2) is 54.6 Å². The Morgan fingerprint density at radius 2 is 1.74 bits per heavy atom. The molecule has 0 aliphatic heterocycles. The van der Waals surface area contributed by atoms with E-state index in [9.17, 15) is 4.79 Å². The minimum absolute atomic E-state index is 0.114. The van der Waals surface area contributed by atoms with Crippen molar-refractivity contribution in [2.75, 3.05) is 26.9 Å². The number of hydrogen-bond acceptors (Lipinski definition) is 3. The van der Waals surface area contributed by atoms with Crippen molar-refractivity contribution in [2.45, 2.75) is 12.8 Å². The van der Waals surface area contributed by atoms with Gasteiger partial charge < -0.3 is 14.8 Å². The fourth-order valence-electron chi connectivity index (χ4n) is 2.22. The average molecular weight is 313 g/mol. The summed E-state index contributed by atoms with van der Waals surface area (Å²) in [5.74, 6) is 0.504. The van der Waals surface area contributed by atoms with Crippen LogP contribution >= 0.6 is 0 Å². The van der Waals surface area contributed by atoms with Crippen LogP contribution in [-0.4, -0.2) is 32.8 Å². The first kappa shape index (κ1) is 17.0. The second kappa shape index (κ2) is 9.64. The van der Waals surface area contributed by atoms with Crippen molar-refractivity contribution in [1.82, 2.24) is 5.32 Å². The Hall–Kier alpha value is -2.33. The molecule has 1 amide bonds. The molecule has 0 radical (unpaired) electrons. The lowest BCUT2D eigenvalue weighted by Crippen LogP contribution is -2.25. The van der Waals surface area contributed by atoms with E-state index in [0.717, 1.165) is 12.8 Å². The van der Waals surface area contributed by atoms with E-state index >= 15 is 0 Å².